The van der Waals surface area contributed by atoms with Gasteiger partial charge in [-0.3, -0.25) is 9.59 Å². The first-order chi connectivity index (χ1) is 12.4. The molecular formula is C19H21ClN2O3S. The van der Waals surface area contributed by atoms with Crippen LogP contribution in [-0.4, -0.2) is 29.9 Å². The third kappa shape index (κ3) is 5.68. The lowest BCUT2D eigenvalue weighted by Gasteiger charge is -2.14. The SMILES string of the molecule is COc1cc(Cl)c(C)cc1NC(=O)CSC(C)C(=O)Nc1ccccc1. The Labute approximate surface area is 162 Å². The summed E-state index contributed by atoms with van der Waals surface area (Å²) < 4.78 is 5.24. The molecular weight excluding hydrogens is 372 g/mol. The molecule has 0 aliphatic carbocycles. The molecule has 1 atom stereocenters. The number of hydrogen-bond acceptors (Lipinski definition) is 4. The standard InChI is InChI=1S/C19H21ClN2O3S/c1-12-9-16(17(25-3)10-15(12)20)22-18(23)11-26-13(2)19(24)21-14-7-5-4-6-8-14/h4-10,13H,11H2,1-3H3,(H,21,24)(H,22,23). The number of rotatable bonds is 7. The Bertz CT molecular complexity index is 784. The molecule has 138 valence electrons. The van der Waals surface area contributed by atoms with Crippen LogP contribution in [0.1, 0.15) is 12.5 Å². The first-order valence-corrected chi connectivity index (χ1v) is 9.45. The molecule has 5 nitrogen and oxygen atoms in total. The number of benzene rings is 2. The lowest BCUT2D eigenvalue weighted by atomic mass is 10.2. The zero-order valence-electron chi connectivity index (χ0n) is 14.8. The number of aryl methyl sites for hydroxylation is 1. The number of ether oxygens (including phenoxy) is 1. The van der Waals surface area contributed by atoms with Crippen LogP contribution in [-0.2, 0) is 9.59 Å². The highest BCUT2D eigenvalue weighted by Gasteiger charge is 2.16. The maximum atomic E-state index is 12.2. The van der Waals surface area contributed by atoms with Gasteiger partial charge in [0, 0.05) is 16.8 Å². The third-order valence-electron chi connectivity index (χ3n) is 3.63. The van der Waals surface area contributed by atoms with E-state index in [-0.39, 0.29) is 22.8 Å². The van der Waals surface area contributed by atoms with Crippen molar-refractivity contribution >= 4 is 46.6 Å². The minimum Gasteiger partial charge on any atom is -0.495 e. The van der Waals surface area contributed by atoms with Crippen molar-refractivity contribution in [1.29, 1.82) is 0 Å². The van der Waals surface area contributed by atoms with Gasteiger partial charge in [0.25, 0.3) is 0 Å². The Morgan fingerprint density at radius 2 is 1.88 bits per heavy atom. The van der Waals surface area contributed by atoms with Gasteiger partial charge in [-0.1, -0.05) is 29.8 Å². The van der Waals surface area contributed by atoms with Crippen molar-refractivity contribution in [3.8, 4) is 5.75 Å². The van der Waals surface area contributed by atoms with Gasteiger partial charge in [0.15, 0.2) is 0 Å². The van der Waals surface area contributed by atoms with Gasteiger partial charge in [0.05, 0.1) is 23.8 Å². The molecule has 0 fully saturated rings. The Hall–Kier alpha value is -2.18. The minimum absolute atomic E-state index is 0.145. The molecule has 0 bridgehead atoms. The molecule has 0 aromatic heterocycles. The molecule has 0 aliphatic rings. The second kappa shape index (κ2) is 9.50. The van der Waals surface area contributed by atoms with Crippen LogP contribution in [0.15, 0.2) is 42.5 Å². The summed E-state index contributed by atoms with van der Waals surface area (Å²) in [6, 6.07) is 12.6. The fraction of sp³-hybridized carbons (Fsp3) is 0.263. The van der Waals surface area contributed by atoms with Crippen molar-refractivity contribution in [2.75, 3.05) is 23.5 Å². The van der Waals surface area contributed by atoms with E-state index in [2.05, 4.69) is 10.6 Å². The monoisotopic (exact) mass is 392 g/mol. The van der Waals surface area contributed by atoms with Gasteiger partial charge in [0.1, 0.15) is 5.75 Å². The Kier molecular flexibility index (Phi) is 7.36. The topological polar surface area (TPSA) is 67.4 Å². The molecule has 2 aromatic rings. The summed E-state index contributed by atoms with van der Waals surface area (Å²) >= 11 is 7.32. The molecule has 2 N–H and O–H groups in total. The van der Waals surface area contributed by atoms with E-state index in [0.29, 0.717) is 16.5 Å². The van der Waals surface area contributed by atoms with Crippen molar-refractivity contribution in [2.24, 2.45) is 0 Å². The Balaban J connectivity index is 1.88. The average Bonchev–Trinajstić information content (AvgIpc) is 2.63. The first-order valence-electron chi connectivity index (χ1n) is 8.02. The quantitative estimate of drug-likeness (QED) is 0.734. The van der Waals surface area contributed by atoms with E-state index in [1.54, 1.807) is 19.1 Å². The lowest BCUT2D eigenvalue weighted by molar-refractivity contribution is -0.115. The van der Waals surface area contributed by atoms with E-state index < -0.39 is 0 Å². The number of thioether (sulfide) groups is 1. The van der Waals surface area contributed by atoms with Gasteiger partial charge in [-0.15, -0.1) is 11.8 Å². The molecule has 2 amide bonds. The van der Waals surface area contributed by atoms with Crippen LogP contribution in [0, 0.1) is 6.92 Å². The highest BCUT2D eigenvalue weighted by Crippen LogP contribution is 2.31. The number of carbonyl (C=O) groups excluding carboxylic acids is 2. The van der Waals surface area contributed by atoms with E-state index in [0.717, 1.165) is 11.3 Å². The number of para-hydroxylation sites is 1. The van der Waals surface area contributed by atoms with Crippen molar-refractivity contribution in [3.63, 3.8) is 0 Å². The van der Waals surface area contributed by atoms with Crippen molar-refractivity contribution in [2.45, 2.75) is 19.1 Å². The molecule has 7 heteroatoms. The normalized spacial score (nSPS) is 11.5. The molecule has 2 aromatic carbocycles. The molecule has 26 heavy (non-hydrogen) atoms. The van der Waals surface area contributed by atoms with Gasteiger partial charge in [0.2, 0.25) is 11.8 Å². The summed E-state index contributed by atoms with van der Waals surface area (Å²) in [7, 11) is 1.52. The predicted octanol–water partition coefficient (Wildman–Crippen LogP) is 4.36. The van der Waals surface area contributed by atoms with Crippen LogP contribution in [0.4, 0.5) is 11.4 Å². The van der Waals surface area contributed by atoms with Gasteiger partial charge in [-0.05, 0) is 37.6 Å². The van der Waals surface area contributed by atoms with Crippen molar-refractivity contribution in [1.82, 2.24) is 0 Å². The van der Waals surface area contributed by atoms with Crippen LogP contribution in [0.2, 0.25) is 5.02 Å². The van der Waals surface area contributed by atoms with Gasteiger partial charge in [-0.2, -0.15) is 0 Å². The molecule has 0 saturated heterocycles. The third-order valence-corrected chi connectivity index (χ3v) is 5.18. The smallest absolute Gasteiger partial charge is 0.237 e. The highest BCUT2D eigenvalue weighted by molar-refractivity contribution is 8.01. The molecule has 2 rings (SSSR count). The van der Waals surface area contributed by atoms with Crippen LogP contribution in [0.5, 0.6) is 5.75 Å². The number of carbonyl (C=O) groups is 2. The van der Waals surface area contributed by atoms with Gasteiger partial charge in [-0.25, -0.2) is 0 Å². The number of hydrogen-bond donors (Lipinski definition) is 2. The zero-order valence-corrected chi connectivity index (χ0v) is 16.4. The summed E-state index contributed by atoms with van der Waals surface area (Å²) in [5.74, 6) is 0.283. The molecule has 1 unspecified atom stereocenters. The van der Waals surface area contributed by atoms with E-state index >= 15 is 0 Å². The molecule has 0 aliphatic heterocycles. The summed E-state index contributed by atoms with van der Waals surface area (Å²) in [5, 5.41) is 5.82. The number of amides is 2. The van der Waals surface area contributed by atoms with E-state index in [1.165, 1.54) is 18.9 Å². The predicted molar refractivity (Wildman–Crippen MR) is 108 cm³/mol. The maximum Gasteiger partial charge on any atom is 0.237 e. The number of anilines is 2. The number of halogens is 1. The van der Waals surface area contributed by atoms with Gasteiger partial charge < -0.3 is 15.4 Å². The summed E-state index contributed by atoms with van der Waals surface area (Å²) in [4.78, 5) is 24.4. The van der Waals surface area contributed by atoms with Crippen LogP contribution >= 0.6 is 23.4 Å². The highest BCUT2D eigenvalue weighted by atomic mass is 35.5. The van der Waals surface area contributed by atoms with Crippen molar-refractivity contribution < 1.29 is 14.3 Å². The molecule has 0 heterocycles. The van der Waals surface area contributed by atoms with E-state index in [9.17, 15) is 9.59 Å². The van der Waals surface area contributed by atoms with Crippen LogP contribution in [0.25, 0.3) is 0 Å². The largest absolute Gasteiger partial charge is 0.495 e. The summed E-state index contributed by atoms with van der Waals surface area (Å²) in [6.45, 7) is 3.62. The summed E-state index contributed by atoms with van der Waals surface area (Å²) in [5.41, 5.74) is 2.13. The maximum absolute atomic E-state index is 12.2. The zero-order chi connectivity index (χ0) is 19.1. The number of methoxy groups -OCH3 is 1. The molecule has 0 spiro atoms. The van der Waals surface area contributed by atoms with E-state index in [4.69, 9.17) is 16.3 Å². The second-order valence-corrected chi connectivity index (χ2v) is 7.39. The van der Waals surface area contributed by atoms with Gasteiger partial charge >= 0.3 is 0 Å². The fourth-order valence-electron chi connectivity index (χ4n) is 2.16. The number of nitrogens with one attached hydrogen (secondary N) is 2. The Morgan fingerprint density at radius 1 is 1.19 bits per heavy atom. The fourth-order valence-corrected chi connectivity index (χ4v) is 3.00. The second-order valence-electron chi connectivity index (χ2n) is 5.66. The van der Waals surface area contributed by atoms with Crippen LogP contribution in [0.3, 0.4) is 0 Å². The summed E-state index contributed by atoms with van der Waals surface area (Å²) in [6.07, 6.45) is 0. The Morgan fingerprint density at radius 3 is 2.54 bits per heavy atom. The molecule has 0 saturated carbocycles. The average molecular weight is 393 g/mol. The van der Waals surface area contributed by atoms with Crippen molar-refractivity contribution in [3.05, 3.63) is 53.1 Å². The first kappa shape index (κ1) is 20.1. The van der Waals surface area contributed by atoms with Crippen LogP contribution < -0.4 is 15.4 Å². The molecule has 0 radical (unpaired) electrons. The lowest BCUT2D eigenvalue weighted by Crippen LogP contribution is -2.25. The van der Waals surface area contributed by atoms with E-state index in [1.807, 2.05) is 37.3 Å². The minimum atomic E-state index is -0.366.